The molecule has 3 aliphatic rings. The summed E-state index contributed by atoms with van der Waals surface area (Å²) in [6.45, 7) is 4.18. The van der Waals surface area contributed by atoms with E-state index in [2.05, 4.69) is 11.9 Å². The van der Waals surface area contributed by atoms with Gasteiger partial charge in [0.15, 0.2) is 0 Å². The number of phenols is 1. The first-order valence-corrected chi connectivity index (χ1v) is 7.42. The number of aliphatic imine (C=N–C) groups is 1. The Morgan fingerprint density at radius 3 is 3.05 bits per heavy atom. The molecule has 1 spiro atoms. The van der Waals surface area contributed by atoms with E-state index in [-0.39, 0.29) is 23.1 Å². The number of fused-ring (bicyclic) bond motifs is 4. The van der Waals surface area contributed by atoms with Crippen LogP contribution in [0.4, 0.5) is 0 Å². The van der Waals surface area contributed by atoms with Crippen molar-refractivity contribution in [2.45, 2.75) is 25.3 Å². The molecule has 1 saturated heterocycles. The number of hydrogen-bond acceptors (Lipinski definition) is 5. The molecule has 5 heteroatoms. The smallest absolute Gasteiger partial charge is 0.283 e. The van der Waals surface area contributed by atoms with Crippen LogP contribution < -0.4 is 5.73 Å². The minimum atomic E-state index is -0.522. The Labute approximate surface area is 123 Å². The number of nitrogens with two attached hydrogens (primary N) is 1. The van der Waals surface area contributed by atoms with E-state index in [1.807, 2.05) is 12.1 Å². The lowest BCUT2D eigenvalue weighted by molar-refractivity contribution is -0.0792. The van der Waals surface area contributed by atoms with Crippen LogP contribution in [0.3, 0.4) is 0 Å². The van der Waals surface area contributed by atoms with Gasteiger partial charge in [-0.2, -0.15) is 0 Å². The lowest BCUT2D eigenvalue weighted by Crippen LogP contribution is -2.54. The molecule has 2 unspecified atom stereocenters. The second-order valence-corrected chi connectivity index (χ2v) is 6.71. The van der Waals surface area contributed by atoms with E-state index in [9.17, 15) is 5.11 Å². The molecule has 0 amide bonds. The summed E-state index contributed by atoms with van der Waals surface area (Å²) in [5.74, 6) is 0.475. The number of nitrogens with zero attached hydrogens (tertiary/aromatic N) is 1. The lowest BCUT2D eigenvalue weighted by Gasteiger charge is -2.52. The lowest BCUT2D eigenvalue weighted by atomic mass is 9.56. The summed E-state index contributed by atoms with van der Waals surface area (Å²) in [6, 6.07) is 5.81. The molecule has 1 aromatic carbocycles. The molecule has 4 rings (SSSR count). The Morgan fingerprint density at radius 2 is 2.29 bits per heavy atom. The third kappa shape index (κ3) is 1.70. The molecule has 5 nitrogen and oxygen atoms in total. The molecular weight excluding hydrogens is 268 g/mol. The zero-order valence-electron chi connectivity index (χ0n) is 12.1. The number of ether oxygens (including phenoxy) is 2. The van der Waals surface area contributed by atoms with Gasteiger partial charge < -0.3 is 20.3 Å². The van der Waals surface area contributed by atoms with Crippen molar-refractivity contribution in [3.05, 3.63) is 29.3 Å². The number of benzene rings is 1. The molecule has 3 N–H and O–H groups in total. The maximum Gasteiger partial charge on any atom is 0.283 e. The molecular formula is C16H20N2O3. The van der Waals surface area contributed by atoms with Crippen molar-refractivity contribution in [1.29, 1.82) is 0 Å². The topological polar surface area (TPSA) is 77.1 Å². The van der Waals surface area contributed by atoms with E-state index >= 15 is 0 Å². The van der Waals surface area contributed by atoms with Crippen molar-refractivity contribution < 1.29 is 14.6 Å². The third-order valence-electron chi connectivity index (χ3n) is 5.42. The Kier molecular flexibility index (Phi) is 2.55. The Hall–Kier alpha value is -1.75. The van der Waals surface area contributed by atoms with Crippen molar-refractivity contribution >= 4 is 6.02 Å². The average Bonchev–Trinajstić information content (AvgIpc) is 2.83. The number of hydrogen-bond donors (Lipinski definition) is 2. The van der Waals surface area contributed by atoms with Crippen LogP contribution in [-0.2, 0) is 21.4 Å². The summed E-state index contributed by atoms with van der Waals surface area (Å²) in [5, 5.41) is 9.91. The summed E-state index contributed by atoms with van der Waals surface area (Å²) in [7, 11) is 0. The van der Waals surface area contributed by atoms with Crippen molar-refractivity contribution in [2.75, 3.05) is 19.8 Å². The van der Waals surface area contributed by atoms with Gasteiger partial charge in [-0.05, 0) is 41.5 Å². The number of aromatic hydroxyl groups is 1. The first kappa shape index (κ1) is 13.0. The monoisotopic (exact) mass is 288 g/mol. The highest BCUT2D eigenvalue weighted by molar-refractivity contribution is 5.74. The average molecular weight is 288 g/mol. The number of phenolic OH excluding ortho intramolecular Hbond substituents is 1. The van der Waals surface area contributed by atoms with Gasteiger partial charge in [0.05, 0.1) is 6.61 Å². The summed E-state index contributed by atoms with van der Waals surface area (Å²) >= 11 is 0. The predicted octanol–water partition coefficient (Wildman–Crippen LogP) is 1.53. The fourth-order valence-electron chi connectivity index (χ4n) is 4.31. The van der Waals surface area contributed by atoms with Gasteiger partial charge in [-0.15, -0.1) is 0 Å². The zero-order valence-corrected chi connectivity index (χ0v) is 12.1. The Bertz CT molecular complexity index is 630. The molecule has 112 valence electrons. The molecule has 1 aromatic rings. The van der Waals surface area contributed by atoms with Crippen LogP contribution in [0.15, 0.2) is 23.2 Å². The maximum atomic E-state index is 9.91. The summed E-state index contributed by atoms with van der Waals surface area (Å²) in [6.07, 6.45) is 1.99. The SMILES string of the molecule is C[C@@]12CCOCC1C1(COC(N)=N1)c1cc(O)ccc1C2. The molecule has 0 aromatic heterocycles. The van der Waals surface area contributed by atoms with E-state index in [0.29, 0.717) is 13.2 Å². The van der Waals surface area contributed by atoms with Gasteiger partial charge in [-0.1, -0.05) is 13.0 Å². The van der Waals surface area contributed by atoms with Crippen LogP contribution in [0.5, 0.6) is 5.75 Å². The number of rotatable bonds is 0. The normalized spacial score (nSPS) is 37.6. The number of amidine groups is 1. The molecule has 2 aliphatic heterocycles. The summed E-state index contributed by atoms with van der Waals surface area (Å²) in [5.41, 5.74) is 7.70. The molecule has 0 bridgehead atoms. The van der Waals surface area contributed by atoms with Gasteiger partial charge in [-0.3, -0.25) is 0 Å². The van der Waals surface area contributed by atoms with Gasteiger partial charge in [0.25, 0.3) is 6.02 Å². The van der Waals surface area contributed by atoms with Gasteiger partial charge in [0.1, 0.15) is 17.9 Å². The van der Waals surface area contributed by atoms with E-state index in [0.717, 1.165) is 25.0 Å². The third-order valence-corrected chi connectivity index (χ3v) is 5.42. The minimum absolute atomic E-state index is 0.125. The quantitative estimate of drug-likeness (QED) is 0.759. The van der Waals surface area contributed by atoms with Crippen LogP contribution in [0.2, 0.25) is 0 Å². The van der Waals surface area contributed by atoms with Gasteiger partial charge in [-0.25, -0.2) is 4.99 Å². The molecule has 2 heterocycles. The fourth-order valence-corrected chi connectivity index (χ4v) is 4.31. The van der Waals surface area contributed by atoms with E-state index in [4.69, 9.17) is 15.2 Å². The standard InChI is InChI=1S/C16H20N2O3/c1-15-4-5-20-8-13(15)16(9-21-14(17)18-16)12-6-11(19)3-2-10(12)7-15/h2-3,6,13,19H,4-5,7-9H2,1H3,(H2,17,18)/t13?,15-,16?/m0/s1. The minimum Gasteiger partial charge on any atom is -0.508 e. The molecule has 3 atom stereocenters. The van der Waals surface area contributed by atoms with Crippen LogP contribution in [0.25, 0.3) is 0 Å². The highest BCUT2D eigenvalue weighted by atomic mass is 16.5. The van der Waals surface area contributed by atoms with Crippen LogP contribution in [-0.4, -0.2) is 30.9 Å². The van der Waals surface area contributed by atoms with Crippen molar-refractivity contribution in [3.8, 4) is 5.75 Å². The van der Waals surface area contributed by atoms with Crippen LogP contribution >= 0.6 is 0 Å². The maximum absolute atomic E-state index is 9.91. The highest BCUT2D eigenvalue weighted by Gasteiger charge is 2.57. The van der Waals surface area contributed by atoms with Crippen LogP contribution in [0, 0.1) is 11.3 Å². The van der Waals surface area contributed by atoms with E-state index in [1.165, 1.54) is 5.56 Å². The predicted molar refractivity (Wildman–Crippen MR) is 78.1 cm³/mol. The Balaban J connectivity index is 1.95. The second-order valence-electron chi connectivity index (χ2n) is 6.71. The zero-order chi connectivity index (χ0) is 14.7. The second kappa shape index (κ2) is 4.13. The molecule has 0 saturated carbocycles. The Morgan fingerprint density at radius 1 is 1.43 bits per heavy atom. The van der Waals surface area contributed by atoms with E-state index < -0.39 is 5.54 Å². The van der Waals surface area contributed by atoms with Crippen molar-refractivity contribution in [3.63, 3.8) is 0 Å². The van der Waals surface area contributed by atoms with Crippen molar-refractivity contribution in [1.82, 2.24) is 0 Å². The molecule has 1 aliphatic carbocycles. The fraction of sp³-hybridized carbons (Fsp3) is 0.562. The van der Waals surface area contributed by atoms with Gasteiger partial charge >= 0.3 is 0 Å². The van der Waals surface area contributed by atoms with Crippen molar-refractivity contribution in [2.24, 2.45) is 22.1 Å². The van der Waals surface area contributed by atoms with Gasteiger partial charge in [0, 0.05) is 12.5 Å². The summed E-state index contributed by atoms with van der Waals surface area (Å²) < 4.78 is 11.3. The van der Waals surface area contributed by atoms with Crippen LogP contribution in [0.1, 0.15) is 24.5 Å². The molecule has 1 fully saturated rings. The highest BCUT2D eigenvalue weighted by Crippen LogP contribution is 2.56. The first-order valence-electron chi connectivity index (χ1n) is 7.42. The van der Waals surface area contributed by atoms with Gasteiger partial charge in [0.2, 0.25) is 0 Å². The summed E-state index contributed by atoms with van der Waals surface area (Å²) in [4.78, 5) is 4.67. The van der Waals surface area contributed by atoms with E-state index in [1.54, 1.807) is 6.07 Å². The molecule has 0 radical (unpaired) electrons. The largest absolute Gasteiger partial charge is 0.508 e. The molecule has 21 heavy (non-hydrogen) atoms. The first-order chi connectivity index (χ1) is 10.0.